The molecule has 0 spiro atoms. The maximum atomic E-state index is 11.1. The van der Waals surface area contributed by atoms with Gasteiger partial charge in [0.2, 0.25) is 0 Å². The normalized spacial score (nSPS) is 32.8. The Balaban J connectivity index is 1.88. The second-order valence-corrected chi connectivity index (χ2v) is 8.19. The van der Waals surface area contributed by atoms with Crippen LogP contribution >= 0.6 is 0 Å². The molecule has 2 heteroatoms. The summed E-state index contributed by atoms with van der Waals surface area (Å²) in [7, 11) is 0. The summed E-state index contributed by atoms with van der Waals surface area (Å²) in [5.41, 5.74) is 1.57. The molecule has 0 saturated carbocycles. The molecule has 0 aromatic heterocycles. The molecule has 0 heterocycles. The molecule has 2 rings (SSSR count). The van der Waals surface area contributed by atoms with Gasteiger partial charge >= 0.3 is 0 Å². The standard InChI is InChI=1S/C21H34O2/c1-14-6-10-21-18(11-14)8-7-16(3)20(21)9-5-15(2)12-19(23)13-17(4)22/h7-8,11,14-16,19-21,23H,5-6,9-10,12-13H2,1-4H3/t14-,15-,16+,19-,20+,21+/m1/s1. The van der Waals surface area contributed by atoms with Crippen LogP contribution in [0, 0.1) is 29.6 Å². The van der Waals surface area contributed by atoms with E-state index in [-0.39, 0.29) is 5.78 Å². The predicted octanol–water partition coefficient (Wildman–Crippen LogP) is 4.93. The van der Waals surface area contributed by atoms with Crippen molar-refractivity contribution in [2.24, 2.45) is 29.6 Å². The number of fused-ring (bicyclic) bond motifs is 1. The molecular formula is C21H34O2. The SMILES string of the molecule is CC(=O)C[C@H](O)C[C@H](C)CC[C@H]1[C@@H](C)C=CC2=C[C@H](C)CC[C@@H]21. The second-order valence-electron chi connectivity index (χ2n) is 8.19. The van der Waals surface area contributed by atoms with Gasteiger partial charge in [-0.25, -0.2) is 0 Å². The van der Waals surface area contributed by atoms with Crippen molar-refractivity contribution >= 4 is 5.78 Å². The molecule has 0 amide bonds. The number of carbonyl (C=O) groups excluding carboxylic acids is 1. The summed E-state index contributed by atoms with van der Waals surface area (Å²) in [6.07, 6.45) is 12.8. The fourth-order valence-corrected chi connectivity index (χ4v) is 4.50. The first-order valence-electron chi connectivity index (χ1n) is 9.44. The Morgan fingerprint density at radius 2 is 2.09 bits per heavy atom. The summed E-state index contributed by atoms with van der Waals surface area (Å²) in [6.45, 7) is 8.45. The minimum Gasteiger partial charge on any atom is -0.393 e. The molecule has 0 aromatic carbocycles. The molecule has 0 saturated heterocycles. The molecular weight excluding hydrogens is 284 g/mol. The van der Waals surface area contributed by atoms with Gasteiger partial charge in [-0.3, -0.25) is 4.79 Å². The number of aliphatic hydroxyl groups excluding tert-OH is 1. The van der Waals surface area contributed by atoms with E-state index >= 15 is 0 Å². The van der Waals surface area contributed by atoms with Crippen LogP contribution in [0.15, 0.2) is 23.8 Å². The van der Waals surface area contributed by atoms with E-state index in [1.165, 1.54) is 19.3 Å². The maximum Gasteiger partial charge on any atom is 0.132 e. The Morgan fingerprint density at radius 1 is 1.35 bits per heavy atom. The number of Topliss-reactive ketones (excluding diaryl/α,β-unsaturated/α-hetero) is 1. The molecule has 2 aliphatic carbocycles. The first-order chi connectivity index (χ1) is 10.9. The second kappa shape index (κ2) is 8.28. The number of aliphatic hydroxyl groups is 1. The van der Waals surface area contributed by atoms with Gasteiger partial charge in [0.15, 0.2) is 0 Å². The Labute approximate surface area is 142 Å². The Bertz CT molecular complexity index is 462. The molecule has 0 unspecified atom stereocenters. The summed E-state index contributed by atoms with van der Waals surface area (Å²) in [4.78, 5) is 11.1. The summed E-state index contributed by atoms with van der Waals surface area (Å²) < 4.78 is 0. The summed E-state index contributed by atoms with van der Waals surface area (Å²) in [5.74, 6) is 3.42. The van der Waals surface area contributed by atoms with Crippen molar-refractivity contribution in [2.45, 2.75) is 72.3 Å². The van der Waals surface area contributed by atoms with Crippen molar-refractivity contribution in [1.82, 2.24) is 0 Å². The Morgan fingerprint density at radius 3 is 2.78 bits per heavy atom. The minimum absolute atomic E-state index is 0.0850. The largest absolute Gasteiger partial charge is 0.393 e. The number of rotatable bonds is 7. The van der Waals surface area contributed by atoms with Gasteiger partial charge in [0.05, 0.1) is 6.10 Å². The number of carbonyl (C=O) groups is 1. The van der Waals surface area contributed by atoms with E-state index in [0.29, 0.717) is 18.3 Å². The highest BCUT2D eigenvalue weighted by atomic mass is 16.3. The lowest BCUT2D eigenvalue weighted by Gasteiger charge is -2.39. The molecule has 2 nitrogen and oxygen atoms in total. The molecule has 0 fully saturated rings. The lowest BCUT2D eigenvalue weighted by molar-refractivity contribution is -0.119. The van der Waals surface area contributed by atoms with Crippen LogP contribution in [0.2, 0.25) is 0 Å². The zero-order valence-corrected chi connectivity index (χ0v) is 15.3. The van der Waals surface area contributed by atoms with E-state index in [9.17, 15) is 9.90 Å². The third-order valence-corrected chi connectivity index (χ3v) is 5.81. The van der Waals surface area contributed by atoms with Gasteiger partial charge in [-0.05, 0) is 67.8 Å². The van der Waals surface area contributed by atoms with Crippen molar-refractivity contribution in [1.29, 1.82) is 0 Å². The van der Waals surface area contributed by atoms with E-state index in [0.717, 1.165) is 30.6 Å². The highest BCUT2D eigenvalue weighted by molar-refractivity contribution is 5.75. The van der Waals surface area contributed by atoms with E-state index in [1.54, 1.807) is 12.5 Å². The maximum absolute atomic E-state index is 11.1. The molecule has 0 aliphatic heterocycles. The summed E-state index contributed by atoms with van der Waals surface area (Å²) in [5, 5.41) is 9.95. The quantitative estimate of drug-likeness (QED) is 0.723. The average molecular weight is 319 g/mol. The number of allylic oxidation sites excluding steroid dienone is 4. The van der Waals surface area contributed by atoms with Gasteiger partial charge in [0, 0.05) is 6.42 Å². The van der Waals surface area contributed by atoms with Crippen molar-refractivity contribution < 1.29 is 9.90 Å². The van der Waals surface area contributed by atoms with Crippen LogP contribution in [0.1, 0.15) is 66.2 Å². The molecule has 0 radical (unpaired) electrons. The predicted molar refractivity (Wildman–Crippen MR) is 96.1 cm³/mol. The summed E-state index contributed by atoms with van der Waals surface area (Å²) in [6, 6.07) is 0. The van der Waals surface area contributed by atoms with E-state index in [1.807, 2.05) is 0 Å². The molecule has 130 valence electrons. The van der Waals surface area contributed by atoms with Crippen LogP contribution in [0.5, 0.6) is 0 Å². The van der Waals surface area contributed by atoms with Crippen molar-refractivity contribution in [3.8, 4) is 0 Å². The summed E-state index contributed by atoms with van der Waals surface area (Å²) >= 11 is 0. The number of ketones is 1. The minimum atomic E-state index is -0.461. The smallest absolute Gasteiger partial charge is 0.132 e. The van der Waals surface area contributed by atoms with Gasteiger partial charge in [0.1, 0.15) is 5.78 Å². The topological polar surface area (TPSA) is 37.3 Å². The van der Waals surface area contributed by atoms with Crippen LogP contribution in [-0.2, 0) is 4.79 Å². The third-order valence-electron chi connectivity index (χ3n) is 5.81. The first-order valence-corrected chi connectivity index (χ1v) is 9.44. The van der Waals surface area contributed by atoms with E-state index in [4.69, 9.17) is 0 Å². The molecule has 2 aliphatic rings. The van der Waals surface area contributed by atoms with Gasteiger partial charge in [0.25, 0.3) is 0 Å². The Hall–Kier alpha value is -0.890. The molecule has 1 N–H and O–H groups in total. The first kappa shape index (κ1) is 18.4. The molecule has 6 atom stereocenters. The zero-order valence-electron chi connectivity index (χ0n) is 15.3. The molecule has 23 heavy (non-hydrogen) atoms. The lowest BCUT2D eigenvalue weighted by Crippen LogP contribution is -2.29. The van der Waals surface area contributed by atoms with Crippen LogP contribution < -0.4 is 0 Å². The lowest BCUT2D eigenvalue weighted by atomic mass is 9.66. The van der Waals surface area contributed by atoms with Gasteiger partial charge in [-0.1, -0.05) is 45.4 Å². The monoisotopic (exact) mass is 318 g/mol. The molecule has 0 aromatic rings. The highest BCUT2D eigenvalue weighted by Crippen LogP contribution is 2.43. The van der Waals surface area contributed by atoms with E-state index < -0.39 is 6.10 Å². The average Bonchev–Trinajstić information content (AvgIpc) is 2.45. The fraction of sp³-hybridized carbons (Fsp3) is 0.762. The van der Waals surface area contributed by atoms with Crippen molar-refractivity contribution in [3.63, 3.8) is 0 Å². The van der Waals surface area contributed by atoms with Crippen molar-refractivity contribution in [3.05, 3.63) is 23.8 Å². The van der Waals surface area contributed by atoms with Crippen LogP contribution in [0.4, 0.5) is 0 Å². The molecule has 0 bridgehead atoms. The zero-order chi connectivity index (χ0) is 17.0. The van der Waals surface area contributed by atoms with Crippen LogP contribution in [0.25, 0.3) is 0 Å². The van der Waals surface area contributed by atoms with Gasteiger partial charge < -0.3 is 5.11 Å². The van der Waals surface area contributed by atoms with Gasteiger partial charge in [-0.15, -0.1) is 0 Å². The highest BCUT2D eigenvalue weighted by Gasteiger charge is 2.33. The third kappa shape index (κ3) is 5.31. The number of hydrogen-bond acceptors (Lipinski definition) is 2. The Kier molecular flexibility index (Phi) is 6.64. The van der Waals surface area contributed by atoms with Crippen LogP contribution in [-0.4, -0.2) is 17.0 Å². The van der Waals surface area contributed by atoms with Crippen LogP contribution in [0.3, 0.4) is 0 Å². The fourth-order valence-electron chi connectivity index (χ4n) is 4.50. The number of hydrogen-bond donors (Lipinski definition) is 1. The van der Waals surface area contributed by atoms with E-state index in [2.05, 4.69) is 39.0 Å². The van der Waals surface area contributed by atoms with Crippen molar-refractivity contribution in [2.75, 3.05) is 0 Å². The van der Waals surface area contributed by atoms with Gasteiger partial charge in [-0.2, -0.15) is 0 Å².